The van der Waals surface area contributed by atoms with Gasteiger partial charge in [-0.1, -0.05) is 47.5 Å². The van der Waals surface area contributed by atoms with Gasteiger partial charge in [0.1, 0.15) is 5.75 Å². The van der Waals surface area contributed by atoms with E-state index in [1.807, 2.05) is 50.2 Å². The van der Waals surface area contributed by atoms with Gasteiger partial charge in [0.15, 0.2) is 0 Å². The standard InChI is InChI=1S/C28H27N3O3/c1-18-11-19(2)13-20(12-18)14-27(32)34-25-7-4-21(5-8-25)26(16-29)28(33)31-24-6-3-23-17-30-10-9-22(23)15-24/h3-13,15,17,26H,14,16,29H2,1-2H3,(H,31,33). The van der Waals surface area contributed by atoms with Crippen molar-refractivity contribution in [2.75, 3.05) is 11.9 Å². The summed E-state index contributed by atoms with van der Waals surface area (Å²) in [5.41, 5.74) is 10.5. The van der Waals surface area contributed by atoms with Crippen LogP contribution in [0.3, 0.4) is 0 Å². The van der Waals surface area contributed by atoms with Gasteiger partial charge in [0.25, 0.3) is 0 Å². The highest BCUT2D eigenvalue weighted by Gasteiger charge is 2.20. The minimum atomic E-state index is -0.534. The molecule has 0 spiro atoms. The number of carbonyl (C=O) groups is 2. The molecular weight excluding hydrogens is 426 g/mol. The lowest BCUT2D eigenvalue weighted by molar-refractivity contribution is -0.133. The van der Waals surface area contributed by atoms with Crippen LogP contribution in [-0.4, -0.2) is 23.4 Å². The van der Waals surface area contributed by atoms with E-state index in [-0.39, 0.29) is 24.8 Å². The number of ether oxygens (including phenoxy) is 1. The fraction of sp³-hybridized carbons (Fsp3) is 0.179. The van der Waals surface area contributed by atoms with Crippen molar-refractivity contribution < 1.29 is 14.3 Å². The average Bonchev–Trinajstić information content (AvgIpc) is 2.80. The van der Waals surface area contributed by atoms with Crippen LogP contribution in [0.1, 0.15) is 28.2 Å². The largest absolute Gasteiger partial charge is 0.426 e. The number of pyridine rings is 1. The molecule has 6 heteroatoms. The van der Waals surface area contributed by atoms with Gasteiger partial charge in [-0.15, -0.1) is 0 Å². The number of esters is 1. The van der Waals surface area contributed by atoms with Crippen LogP contribution in [0.5, 0.6) is 5.75 Å². The Bertz CT molecular complexity index is 1310. The van der Waals surface area contributed by atoms with E-state index in [1.165, 1.54) is 0 Å². The molecule has 0 aliphatic carbocycles. The minimum absolute atomic E-state index is 0.148. The zero-order chi connectivity index (χ0) is 24.1. The number of carbonyl (C=O) groups excluding carboxylic acids is 2. The predicted molar refractivity (Wildman–Crippen MR) is 134 cm³/mol. The minimum Gasteiger partial charge on any atom is -0.426 e. The summed E-state index contributed by atoms with van der Waals surface area (Å²) in [5.74, 6) is -0.640. The Morgan fingerprint density at radius 3 is 2.38 bits per heavy atom. The summed E-state index contributed by atoms with van der Waals surface area (Å²) < 4.78 is 5.49. The number of aromatic nitrogens is 1. The van der Waals surface area contributed by atoms with E-state index in [0.717, 1.165) is 33.0 Å². The van der Waals surface area contributed by atoms with Crippen LogP contribution >= 0.6 is 0 Å². The van der Waals surface area contributed by atoms with Crippen molar-refractivity contribution in [3.63, 3.8) is 0 Å². The van der Waals surface area contributed by atoms with Crippen LogP contribution < -0.4 is 15.8 Å². The highest BCUT2D eigenvalue weighted by atomic mass is 16.5. The lowest BCUT2D eigenvalue weighted by Gasteiger charge is -2.16. The number of nitrogens with one attached hydrogen (secondary N) is 1. The molecule has 34 heavy (non-hydrogen) atoms. The Labute approximate surface area is 198 Å². The fourth-order valence-electron chi connectivity index (χ4n) is 4.06. The second-order valence-electron chi connectivity index (χ2n) is 8.43. The molecule has 0 aliphatic heterocycles. The number of anilines is 1. The molecule has 0 radical (unpaired) electrons. The number of aryl methyl sites for hydroxylation is 2. The molecule has 1 unspecified atom stereocenters. The SMILES string of the molecule is Cc1cc(C)cc(CC(=O)Oc2ccc(C(CN)C(=O)Nc3ccc4cnccc4c3)cc2)c1. The maximum atomic E-state index is 12.9. The molecule has 0 aliphatic rings. The molecular formula is C28H27N3O3. The van der Waals surface area contributed by atoms with Crippen molar-refractivity contribution in [3.05, 3.63) is 101 Å². The first-order valence-corrected chi connectivity index (χ1v) is 11.1. The Morgan fingerprint density at radius 1 is 0.941 bits per heavy atom. The van der Waals surface area contributed by atoms with Gasteiger partial charge in [-0.2, -0.15) is 0 Å². The first-order chi connectivity index (χ1) is 16.4. The number of nitrogens with zero attached hydrogens (tertiary/aromatic N) is 1. The quantitative estimate of drug-likeness (QED) is 0.313. The number of hydrogen-bond donors (Lipinski definition) is 2. The van der Waals surface area contributed by atoms with Crippen molar-refractivity contribution in [2.24, 2.45) is 5.73 Å². The van der Waals surface area contributed by atoms with Crippen LogP contribution in [0.25, 0.3) is 10.8 Å². The number of amides is 1. The molecule has 4 rings (SSSR count). The van der Waals surface area contributed by atoms with Gasteiger partial charge in [-0.3, -0.25) is 14.6 Å². The molecule has 0 bridgehead atoms. The van der Waals surface area contributed by atoms with Gasteiger partial charge >= 0.3 is 5.97 Å². The summed E-state index contributed by atoms with van der Waals surface area (Å²) in [6.07, 6.45) is 3.69. The van der Waals surface area contributed by atoms with E-state index in [1.54, 1.807) is 36.7 Å². The molecule has 1 heterocycles. The summed E-state index contributed by atoms with van der Waals surface area (Å²) >= 11 is 0. The number of rotatable bonds is 7. The Kier molecular flexibility index (Phi) is 6.99. The van der Waals surface area contributed by atoms with Crippen molar-refractivity contribution >= 4 is 28.3 Å². The van der Waals surface area contributed by atoms with Crippen molar-refractivity contribution in [3.8, 4) is 5.75 Å². The van der Waals surface area contributed by atoms with Crippen molar-refractivity contribution in [2.45, 2.75) is 26.2 Å². The molecule has 0 saturated heterocycles. The summed E-state index contributed by atoms with van der Waals surface area (Å²) in [6, 6.07) is 20.5. The van der Waals surface area contributed by atoms with Gasteiger partial charge in [0.05, 0.1) is 12.3 Å². The second-order valence-corrected chi connectivity index (χ2v) is 8.43. The molecule has 172 valence electrons. The topological polar surface area (TPSA) is 94.3 Å². The van der Waals surface area contributed by atoms with Gasteiger partial charge in [-0.05, 0) is 60.7 Å². The van der Waals surface area contributed by atoms with E-state index < -0.39 is 5.92 Å². The zero-order valence-corrected chi connectivity index (χ0v) is 19.2. The van der Waals surface area contributed by atoms with Gasteiger partial charge < -0.3 is 15.8 Å². The Morgan fingerprint density at radius 2 is 1.68 bits per heavy atom. The number of nitrogens with two attached hydrogens (primary N) is 1. The molecule has 4 aromatic rings. The highest BCUT2D eigenvalue weighted by Crippen LogP contribution is 2.23. The fourth-order valence-corrected chi connectivity index (χ4v) is 4.06. The Balaban J connectivity index is 1.40. The van der Waals surface area contributed by atoms with Crippen LogP contribution in [0.2, 0.25) is 0 Å². The second kappa shape index (κ2) is 10.3. The molecule has 0 saturated carbocycles. The normalized spacial score (nSPS) is 11.7. The van der Waals surface area contributed by atoms with E-state index in [0.29, 0.717) is 11.4 Å². The maximum absolute atomic E-state index is 12.9. The van der Waals surface area contributed by atoms with E-state index in [2.05, 4.69) is 16.4 Å². The monoisotopic (exact) mass is 453 g/mol. The molecule has 1 amide bonds. The third kappa shape index (κ3) is 5.66. The van der Waals surface area contributed by atoms with Crippen molar-refractivity contribution in [1.29, 1.82) is 0 Å². The van der Waals surface area contributed by atoms with E-state index in [9.17, 15) is 9.59 Å². The first-order valence-electron chi connectivity index (χ1n) is 11.1. The first kappa shape index (κ1) is 23.1. The molecule has 3 N–H and O–H groups in total. The number of benzene rings is 3. The smallest absolute Gasteiger partial charge is 0.315 e. The van der Waals surface area contributed by atoms with Gasteiger partial charge in [0, 0.05) is 30.0 Å². The van der Waals surface area contributed by atoms with Crippen LogP contribution in [0, 0.1) is 13.8 Å². The molecule has 6 nitrogen and oxygen atoms in total. The summed E-state index contributed by atoms with van der Waals surface area (Å²) in [4.78, 5) is 29.4. The van der Waals surface area contributed by atoms with Crippen LogP contribution in [0.15, 0.2) is 79.1 Å². The zero-order valence-electron chi connectivity index (χ0n) is 19.2. The van der Waals surface area contributed by atoms with Crippen LogP contribution in [-0.2, 0) is 16.0 Å². The van der Waals surface area contributed by atoms with E-state index in [4.69, 9.17) is 10.5 Å². The Hall–Kier alpha value is -4.03. The van der Waals surface area contributed by atoms with Crippen molar-refractivity contribution in [1.82, 2.24) is 4.98 Å². The van der Waals surface area contributed by atoms with Gasteiger partial charge in [0.2, 0.25) is 5.91 Å². The summed E-state index contributed by atoms with van der Waals surface area (Å²) in [6.45, 7) is 4.15. The lowest BCUT2D eigenvalue weighted by atomic mass is 9.98. The lowest BCUT2D eigenvalue weighted by Crippen LogP contribution is -2.27. The molecule has 1 aromatic heterocycles. The molecule has 1 atom stereocenters. The average molecular weight is 454 g/mol. The number of hydrogen-bond acceptors (Lipinski definition) is 5. The third-order valence-electron chi connectivity index (χ3n) is 5.60. The predicted octanol–water partition coefficient (Wildman–Crippen LogP) is 4.68. The third-order valence-corrected chi connectivity index (χ3v) is 5.60. The van der Waals surface area contributed by atoms with E-state index >= 15 is 0 Å². The summed E-state index contributed by atoms with van der Waals surface area (Å²) in [7, 11) is 0. The number of fused-ring (bicyclic) bond motifs is 1. The maximum Gasteiger partial charge on any atom is 0.315 e. The highest BCUT2D eigenvalue weighted by molar-refractivity contribution is 5.98. The van der Waals surface area contributed by atoms with Crippen LogP contribution in [0.4, 0.5) is 5.69 Å². The summed E-state index contributed by atoms with van der Waals surface area (Å²) in [5, 5.41) is 4.93. The molecule has 0 fully saturated rings. The van der Waals surface area contributed by atoms with Gasteiger partial charge in [-0.25, -0.2) is 0 Å². The molecule has 3 aromatic carbocycles.